The van der Waals surface area contributed by atoms with Gasteiger partial charge in [-0.25, -0.2) is 13.1 Å². The quantitative estimate of drug-likeness (QED) is 0.872. The molecule has 0 spiro atoms. The lowest BCUT2D eigenvalue weighted by Crippen LogP contribution is -2.27. The maximum atomic E-state index is 11.8. The second kappa shape index (κ2) is 5.87. The minimum absolute atomic E-state index is 0.153. The van der Waals surface area contributed by atoms with Crippen molar-refractivity contribution in [3.8, 4) is 5.69 Å². The lowest BCUT2D eigenvalue weighted by Gasteiger charge is -2.05. The molecule has 20 heavy (non-hydrogen) atoms. The molecule has 0 fully saturated rings. The van der Waals surface area contributed by atoms with Crippen LogP contribution in [-0.2, 0) is 20.4 Å². The SMILES string of the molecule is CNC(=O)CS(=O)(=O)Cc1ccc(-n2cccn2)cc1. The predicted molar refractivity (Wildman–Crippen MR) is 75.1 cm³/mol. The maximum absolute atomic E-state index is 11.8. The topological polar surface area (TPSA) is 81.1 Å². The van der Waals surface area contributed by atoms with E-state index in [1.165, 1.54) is 7.05 Å². The third kappa shape index (κ3) is 3.67. The molecule has 2 rings (SSSR count). The summed E-state index contributed by atoms with van der Waals surface area (Å²) in [5, 5.41) is 6.39. The first kappa shape index (κ1) is 14.3. The number of carbonyl (C=O) groups excluding carboxylic acids is 1. The third-order valence-electron chi connectivity index (χ3n) is 2.72. The molecular formula is C13H15N3O3S. The molecule has 6 nitrogen and oxygen atoms in total. The fourth-order valence-corrected chi connectivity index (χ4v) is 3.09. The highest BCUT2D eigenvalue weighted by molar-refractivity contribution is 7.91. The van der Waals surface area contributed by atoms with E-state index in [2.05, 4.69) is 10.4 Å². The smallest absolute Gasteiger partial charge is 0.234 e. The van der Waals surface area contributed by atoms with Crippen LogP contribution in [0.25, 0.3) is 5.69 Å². The van der Waals surface area contributed by atoms with Gasteiger partial charge >= 0.3 is 0 Å². The van der Waals surface area contributed by atoms with Crippen LogP contribution in [0, 0.1) is 0 Å². The van der Waals surface area contributed by atoms with Crippen molar-refractivity contribution in [2.75, 3.05) is 12.8 Å². The Morgan fingerprint density at radius 2 is 2.00 bits per heavy atom. The van der Waals surface area contributed by atoms with Gasteiger partial charge in [0.15, 0.2) is 9.84 Å². The molecule has 0 saturated heterocycles. The normalized spacial score (nSPS) is 11.2. The Balaban J connectivity index is 2.09. The molecule has 0 radical (unpaired) electrons. The molecule has 1 aromatic heterocycles. The average molecular weight is 293 g/mol. The number of benzene rings is 1. The molecule has 1 N–H and O–H groups in total. The molecule has 0 aliphatic rings. The van der Waals surface area contributed by atoms with Gasteiger partial charge in [0.25, 0.3) is 0 Å². The van der Waals surface area contributed by atoms with Gasteiger partial charge in [-0.1, -0.05) is 12.1 Å². The molecule has 7 heteroatoms. The molecule has 106 valence electrons. The zero-order chi connectivity index (χ0) is 14.6. The third-order valence-corrected chi connectivity index (χ3v) is 4.20. The van der Waals surface area contributed by atoms with Crippen LogP contribution in [0.4, 0.5) is 0 Å². The fraction of sp³-hybridized carbons (Fsp3) is 0.231. The summed E-state index contributed by atoms with van der Waals surface area (Å²) in [5.74, 6) is -1.15. The van der Waals surface area contributed by atoms with Crippen molar-refractivity contribution >= 4 is 15.7 Å². The highest BCUT2D eigenvalue weighted by Gasteiger charge is 2.16. The lowest BCUT2D eigenvalue weighted by atomic mass is 10.2. The van der Waals surface area contributed by atoms with E-state index in [1.54, 1.807) is 41.3 Å². The first-order valence-electron chi connectivity index (χ1n) is 6.00. The van der Waals surface area contributed by atoms with Gasteiger partial charge in [0.2, 0.25) is 5.91 Å². The van der Waals surface area contributed by atoms with Gasteiger partial charge in [-0.3, -0.25) is 4.79 Å². The number of nitrogens with zero attached hydrogens (tertiary/aromatic N) is 2. The molecule has 1 aromatic carbocycles. The van der Waals surface area contributed by atoms with E-state index >= 15 is 0 Å². The first-order valence-corrected chi connectivity index (χ1v) is 7.82. The van der Waals surface area contributed by atoms with Crippen LogP contribution in [0.2, 0.25) is 0 Å². The second-order valence-corrected chi connectivity index (χ2v) is 6.39. The number of sulfone groups is 1. The number of rotatable bonds is 5. The van der Waals surface area contributed by atoms with Crippen molar-refractivity contribution in [3.63, 3.8) is 0 Å². The van der Waals surface area contributed by atoms with Gasteiger partial charge < -0.3 is 5.32 Å². The van der Waals surface area contributed by atoms with Crippen molar-refractivity contribution in [1.29, 1.82) is 0 Å². The van der Waals surface area contributed by atoms with Gasteiger partial charge in [0.1, 0.15) is 5.75 Å². The zero-order valence-electron chi connectivity index (χ0n) is 11.0. The van der Waals surface area contributed by atoms with Crippen LogP contribution in [0.5, 0.6) is 0 Å². The Bertz CT molecular complexity index is 676. The Morgan fingerprint density at radius 1 is 1.30 bits per heavy atom. The van der Waals surface area contributed by atoms with Gasteiger partial charge in [-0.15, -0.1) is 0 Å². The molecule has 0 aliphatic carbocycles. The number of aromatic nitrogens is 2. The standard InChI is InChI=1S/C13H15N3O3S/c1-14-13(17)10-20(18,19)9-11-3-5-12(6-4-11)16-8-2-7-15-16/h2-8H,9-10H2,1H3,(H,14,17). The number of hydrogen-bond acceptors (Lipinski definition) is 4. The van der Waals surface area contributed by atoms with E-state index in [0.717, 1.165) is 5.69 Å². The summed E-state index contributed by atoms with van der Waals surface area (Å²) in [5.41, 5.74) is 1.49. The van der Waals surface area contributed by atoms with Crippen molar-refractivity contribution in [1.82, 2.24) is 15.1 Å². The van der Waals surface area contributed by atoms with Gasteiger partial charge in [0.05, 0.1) is 11.4 Å². The summed E-state index contributed by atoms with van der Waals surface area (Å²) in [6, 6.07) is 8.83. The fourth-order valence-electron chi connectivity index (χ4n) is 1.74. The van der Waals surface area contributed by atoms with Crippen LogP contribution in [0.15, 0.2) is 42.7 Å². The minimum Gasteiger partial charge on any atom is -0.358 e. The van der Waals surface area contributed by atoms with E-state index in [9.17, 15) is 13.2 Å². The Kier molecular flexibility index (Phi) is 4.19. The Morgan fingerprint density at radius 3 is 2.55 bits per heavy atom. The summed E-state index contributed by atoms with van der Waals surface area (Å²) in [7, 11) is -2.03. The van der Waals surface area contributed by atoms with Crippen LogP contribution in [0.3, 0.4) is 0 Å². The molecule has 0 unspecified atom stereocenters. The molecule has 0 saturated carbocycles. The first-order chi connectivity index (χ1) is 9.50. The van der Waals surface area contributed by atoms with Crippen LogP contribution in [0.1, 0.15) is 5.56 Å². The molecular weight excluding hydrogens is 278 g/mol. The molecule has 2 aromatic rings. The Labute approximate surface area is 117 Å². The number of amides is 1. The van der Waals surface area contributed by atoms with Crippen LogP contribution < -0.4 is 5.32 Å². The maximum Gasteiger partial charge on any atom is 0.234 e. The number of nitrogens with one attached hydrogen (secondary N) is 1. The largest absolute Gasteiger partial charge is 0.358 e. The van der Waals surface area contributed by atoms with E-state index in [-0.39, 0.29) is 5.75 Å². The molecule has 1 heterocycles. The van der Waals surface area contributed by atoms with E-state index in [1.807, 2.05) is 6.07 Å². The van der Waals surface area contributed by atoms with Gasteiger partial charge in [-0.2, -0.15) is 5.10 Å². The van der Waals surface area contributed by atoms with Crippen molar-refractivity contribution in [2.45, 2.75) is 5.75 Å². The van der Waals surface area contributed by atoms with E-state index in [0.29, 0.717) is 5.56 Å². The van der Waals surface area contributed by atoms with E-state index < -0.39 is 21.5 Å². The van der Waals surface area contributed by atoms with E-state index in [4.69, 9.17) is 0 Å². The van der Waals surface area contributed by atoms with Crippen molar-refractivity contribution in [2.24, 2.45) is 0 Å². The summed E-state index contributed by atoms with van der Waals surface area (Å²) < 4.78 is 25.3. The monoisotopic (exact) mass is 293 g/mol. The molecule has 0 bridgehead atoms. The zero-order valence-corrected chi connectivity index (χ0v) is 11.8. The van der Waals surface area contributed by atoms with Crippen molar-refractivity contribution in [3.05, 3.63) is 48.3 Å². The highest BCUT2D eigenvalue weighted by Crippen LogP contribution is 2.11. The van der Waals surface area contributed by atoms with Gasteiger partial charge in [0, 0.05) is 19.4 Å². The lowest BCUT2D eigenvalue weighted by molar-refractivity contribution is -0.118. The van der Waals surface area contributed by atoms with Crippen molar-refractivity contribution < 1.29 is 13.2 Å². The molecule has 0 atom stereocenters. The summed E-state index contributed by atoms with van der Waals surface area (Å²) in [6.07, 6.45) is 3.47. The Hall–Kier alpha value is -2.15. The van der Waals surface area contributed by atoms with Crippen LogP contribution in [-0.4, -0.2) is 36.9 Å². The highest BCUT2D eigenvalue weighted by atomic mass is 32.2. The summed E-state index contributed by atoms with van der Waals surface area (Å²) >= 11 is 0. The molecule has 1 amide bonds. The number of carbonyl (C=O) groups is 1. The predicted octanol–water partition coefficient (Wildman–Crippen LogP) is 0.533. The molecule has 0 aliphatic heterocycles. The minimum atomic E-state index is -3.45. The second-order valence-electron chi connectivity index (χ2n) is 4.32. The average Bonchev–Trinajstić information content (AvgIpc) is 2.92. The van der Waals surface area contributed by atoms with Gasteiger partial charge in [-0.05, 0) is 23.8 Å². The number of hydrogen-bond donors (Lipinski definition) is 1. The summed E-state index contributed by atoms with van der Waals surface area (Å²) in [6.45, 7) is 0. The summed E-state index contributed by atoms with van der Waals surface area (Å²) in [4.78, 5) is 11.1. The van der Waals surface area contributed by atoms with Crippen LogP contribution >= 0.6 is 0 Å².